The van der Waals surface area contributed by atoms with Crippen LogP contribution < -0.4 is 9.86 Å². The number of nitrogens with zero attached hydrogens (tertiary/aromatic N) is 1. The SMILES string of the molecule is NS(=O)(=O)CCNS(=O)(=O)c1cc(Br)ccc1[N+](=O)[O-]. The Kier molecular flexibility index (Phi) is 5.21. The number of hydrogen-bond acceptors (Lipinski definition) is 6. The molecule has 20 heavy (non-hydrogen) atoms. The molecule has 112 valence electrons. The Morgan fingerprint density at radius 1 is 1.30 bits per heavy atom. The molecule has 1 aromatic carbocycles. The molecule has 0 bridgehead atoms. The van der Waals surface area contributed by atoms with Crippen molar-refractivity contribution in [2.45, 2.75) is 4.90 Å². The molecule has 0 saturated heterocycles. The van der Waals surface area contributed by atoms with Crippen LogP contribution in [0.2, 0.25) is 0 Å². The molecular formula is C8H10BrN3O6S2. The zero-order chi connectivity index (χ0) is 15.6. The summed E-state index contributed by atoms with van der Waals surface area (Å²) in [7, 11) is -8.06. The molecule has 0 saturated carbocycles. The predicted molar refractivity (Wildman–Crippen MR) is 74.0 cm³/mol. The van der Waals surface area contributed by atoms with Crippen LogP contribution in [-0.2, 0) is 20.0 Å². The molecule has 0 atom stereocenters. The van der Waals surface area contributed by atoms with Crippen LogP contribution in [0.4, 0.5) is 5.69 Å². The van der Waals surface area contributed by atoms with Crippen LogP contribution in [0.5, 0.6) is 0 Å². The molecule has 9 nitrogen and oxygen atoms in total. The van der Waals surface area contributed by atoms with Gasteiger partial charge in [0.25, 0.3) is 5.69 Å². The van der Waals surface area contributed by atoms with E-state index in [1.54, 1.807) is 0 Å². The molecule has 0 radical (unpaired) electrons. The van der Waals surface area contributed by atoms with Crippen LogP contribution in [-0.4, -0.2) is 34.1 Å². The van der Waals surface area contributed by atoms with E-state index in [9.17, 15) is 26.9 Å². The summed E-state index contributed by atoms with van der Waals surface area (Å²) in [6.07, 6.45) is 0. The zero-order valence-electron chi connectivity index (χ0n) is 9.81. The minimum absolute atomic E-state index is 0.329. The fourth-order valence-corrected chi connectivity index (χ4v) is 3.50. The number of nitro groups is 1. The predicted octanol–water partition coefficient (Wildman–Crippen LogP) is -0.0759. The average Bonchev–Trinajstić information content (AvgIpc) is 2.26. The van der Waals surface area contributed by atoms with Crippen LogP contribution in [0.1, 0.15) is 0 Å². The number of hydrogen-bond donors (Lipinski definition) is 2. The van der Waals surface area contributed by atoms with Crippen molar-refractivity contribution >= 4 is 41.7 Å². The summed E-state index contributed by atoms with van der Waals surface area (Å²) in [5, 5.41) is 15.5. The summed E-state index contributed by atoms with van der Waals surface area (Å²) in [4.78, 5) is 9.38. The van der Waals surface area contributed by atoms with Gasteiger partial charge >= 0.3 is 0 Å². The number of nitrogens with two attached hydrogens (primary N) is 1. The van der Waals surface area contributed by atoms with Gasteiger partial charge in [-0.05, 0) is 12.1 Å². The minimum Gasteiger partial charge on any atom is -0.258 e. The van der Waals surface area contributed by atoms with Gasteiger partial charge in [0.05, 0.1) is 10.7 Å². The fourth-order valence-electron chi connectivity index (χ4n) is 1.25. The monoisotopic (exact) mass is 387 g/mol. The highest BCUT2D eigenvalue weighted by Crippen LogP contribution is 2.26. The first kappa shape index (κ1) is 17.0. The lowest BCUT2D eigenvalue weighted by molar-refractivity contribution is -0.387. The average molecular weight is 388 g/mol. The first-order valence-corrected chi connectivity index (χ1v) is 8.96. The molecule has 0 heterocycles. The number of halogens is 1. The molecular weight excluding hydrogens is 378 g/mol. The zero-order valence-corrected chi connectivity index (χ0v) is 13.0. The summed E-state index contributed by atoms with van der Waals surface area (Å²) in [6.45, 7) is -0.481. The maximum Gasteiger partial charge on any atom is 0.289 e. The summed E-state index contributed by atoms with van der Waals surface area (Å²) in [6, 6.07) is 3.40. The Bertz CT molecular complexity index is 731. The molecule has 0 amide bonds. The molecule has 12 heteroatoms. The highest BCUT2D eigenvalue weighted by atomic mass is 79.9. The molecule has 0 fully saturated rings. The first-order chi connectivity index (χ1) is 9.03. The van der Waals surface area contributed by atoms with Gasteiger partial charge in [0.2, 0.25) is 20.0 Å². The van der Waals surface area contributed by atoms with E-state index in [-0.39, 0.29) is 0 Å². The summed E-state index contributed by atoms with van der Waals surface area (Å²) < 4.78 is 47.5. The number of primary sulfonamides is 1. The second-order valence-electron chi connectivity index (χ2n) is 3.63. The number of nitrogens with one attached hydrogen (secondary N) is 1. The number of nitro benzene ring substituents is 1. The molecule has 0 unspecified atom stereocenters. The first-order valence-electron chi connectivity index (χ1n) is 4.97. The van der Waals surface area contributed by atoms with Crippen molar-refractivity contribution in [1.82, 2.24) is 4.72 Å². The van der Waals surface area contributed by atoms with Gasteiger partial charge in [-0.1, -0.05) is 15.9 Å². The highest BCUT2D eigenvalue weighted by molar-refractivity contribution is 9.10. The number of rotatable bonds is 6. The maximum absolute atomic E-state index is 11.9. The van der Waals surface area contributed by atoms with Crippen molar-refractivity contribution in [2.24, 2.45) is 5.14 Å². The maximum atomic E-state index is 11.9. The van der Waals surface area contributed by atoms with Crippen LogP contribution >= 0.6 is 15.9 Å². The molecule has 1 rings (SSSR count). The fraction of sp³-hybridized carbons (Fsp3) is 0.250. The third-order valence-electron chi connectivity index (χ3n) is 2.09. The van der Waals surface area contributed by atoms with Crippen molar-refractivity contribution in [2.75, 3.05) is 12.3 Å². The Morgan fingerprint density at radius 2 is 1.90 bits per heavy atom. The van der Waals surface area contributed by atoms with Gasteiger partial charge in [-0.15, -0.1) is 0 Å². The lowest BCUT2D eigenvalue weighted by Crippen LogP contribution is -2.31. The lowest BCUT2D eigenvalue weighted by atomic mass is 10.3. The topological polar surface area (TPSA) is 149 Å². The summed E-state index contributed by atoms with van der Waals surface area (Å²) in [5.74, 6) is -0.617. The van der Waals surface area contributed by atoms with Gasteiger partial charge in [-0.3, -0.25) is 10.1 Å². The van der Waals surface area contributed by atoms with E-state index < -0.39 is 47.9 Å². The third-order valence-corrected chi connectivity index (χ3v) is 4.84. The van der Waals surface area contributed by atoms with Crippen LogP contribution in [0.15, 0.2) is 27.6 Å². The number of benzene rings is 1. The van der Waals surface area contributed by atoms with E-state index in [1.165, 1.54) is 6.07 Å². The smallest absolute Gasteiger partial charge is 0.258 e. The van der Waals surface area contributed by atoms with E-state index >= 15 is 0 Å². The Balaban J connectivity index is 3.09. The standard InChI is InChI=1S/C8H10BrN3O6S2/c9-6-1-2-7(12(13)14)8(5-6)20(17,18)11-3-4-19(10,15)16/h1-2,5,11H,3-4H2,(H2,10,15,16). The van der Waals surface area contributed by atoms with Gasteiger partial charge < -0.3 is 0 Å². The van der Waals surface area contributed by atoms with Crippen molar-refractivity contribution in [1.29, 1.82) is 0 Å². The van der Waals surface area contributed by atoms with Crippen molar-refractivity contribution < 1.29 is 21.8 Å². The summed E-state index contributed by atoms with van der Waals surface area (Å²) in [5.41, 5.74) is -0.615. The van der Waals surface area contributed by atoms with E-state index in [1.807, 2.05) is 4.72 Å². The highest BCUT2D eigenvalue weighted by Gasteiger charge is 2.26. The van der Waals surface area contributed by atoms with Crippen LogP contribution in [0.25, 0.3) is 0 Å². The van der Waals surface area contributed by atoms with E-state index in [4.69, 9.17) is 5.14 Å². The third kappa shape index (κ3) is 4.79. The molecule has 0 spiro atoms. The van der Waals surface area contributed by atoms with E-state index in [0.29, 0.717) is 4.47 Å². The lowest BCUT2D eigenvalue weighted by Gasteiger charge is -2.07. The molecule has 0 aliphatic carbocycles. The van der Waals surface area contributed by atoms with Crippen molar-refractivity contribution in [3.63, 3.8) is 0 Å². The van der Waals surface area contributed by atoms with Gasteiger partial charge in [0, 0.05) is 17.1 Å². The molecule has 0 aliphatic rings. The molecule has 0 aromatic heterocycles. The quantitative estimate of drug-likeness (QED) is 0.514. The molecule has 3 N–H and O–H groups in total. The summed E-state index contributed by atoms with van der Waals surface area (Å²) >= 11 is 3.01. The Labute approximate surface area is 123 Å². The van der Waals surface area contributed by atoms with E-state index in [0.717, 1.165) is 12.1 Å². The second kappa shape index (κ2) is 6.13. The van der Waals surface area contributed by atoms with Gasteiger partial charge in [-0.2, -0.15) is 0 Å². The Morgan fingerprint density at radius 3 is 2.40 bits per heavy atom. The molecule has 1 aromatic rings. The van der Waals surface area contributed by atoms with Gasteiger partial charge in [0.1, 0.15) is 0 Å². The largest absolute Gasteiger partial charge is 0.289 e. The van der Waals surface area contributed by atoms with Crippen molar-refractivity contribution in [3.8, 4) is 0 Å². The Hall–Kier alpha value is -1.08. The van der Waals surface area contributed by atoms with Crippen LogP contribution in [0.3, 0.4) is 0 Å². The number of sulfonamides is 2. The van der Waals surface area contributed by atoms with Gasteiger partial charge in [0.15, 0.2) is 4.90 Å². The van der Waals surface area contributed by atoms with Crippen molar-refractivity contribution in [3.05, 3.63) is 32.8 Å². The van der Waals surface area contributed by atoms with Gasteiger partial charge in [-0.25, -0.2) is 26.7 Å². The second-order valence-corrected chi connectivity index (χ2v) is 8.02. The van der Waals surface area contributed by atoms with E-state index in [2.05, 4.69) is 15.9 Å². The molecule has 0 aliphatic heterocycles. The minimum atomic E-state index is -4.22. The van der Waals surface area contributed by atoms with Crippen LogP contribution in [0, 0.1) is 10.1 Å². The normalized spacial score (nSPS) is 12.3.